The third-order valence-electron chi connectivity index (χ3n) is 13.3. The van der Waals surface area contributed by atoms with Crippen molar-refractivity contribution in [3.8, 4) is 22.3 Å². The summed E-state index contributed by atoms with van der Waals surface area (Å²) >= 11 is 2.68. The highest BCUT2D eigenvalue weighted by Crippen LogP contribution is 2.56. The third-order valence-corrected chi connectivity index (χ3v) is 14.3. The zero-order chi connectivity index (χ0) is 39.4. The quantitative estimate of drug-likeness (QED) is 0.0419. The number of aromatic nitrogens is 4. The van der Waals surface area contributed by atoms with Crippen LogP contribution in [0.5, 0.6) is 0 Å². The lowest BCUT2D eigenvalue weighted by Gasteiger charge is -2.33. The molecule has 0 radical (unpaired) electrons. The van der Waals surface area contributed by atoms with Crippen LogP contribution in [0.1, 0.15) is 218 Å². The predicted molar refractivity (Wildman–Crippen MR) is 250 cm³/mol. The van der Waals surface area contributed by atoms with Crippen molar-refractivity contribution in [2.45, 2.75) is 212 Å². The first kappa shape index (κ1) is 43.9. The summed E-state index contributed by atoms with van der Waals surface area (Å²) in [5.41, 5.74) is 12.4. The van der Waals surface area contributed by atoms with Crippen molar-refractivity contribution in [1.82, 2.24) is 17.5 Å². The van der Waals surface area contributed by atoms with Crippen LogP contribution in [-0.4, -0.2) is 17.5 Å². The molecule has 2 aromatic heterocycles. The molecule has 3 aromatic carbocycles. The molecular formula is C51H74N4S2. The van der Waals surface area contributed by atoms with Gasteiger partial charge >= 0.3 is 0 Å². The smallest absolute Gasteiger partial charge is 0.112 e. The third kappa shape index (κ3) is 12.2. The second kappa shape index (κ2) is 24.4. The van der Waals surface area contributed by atoms with Crippen molar-refractivity contribution in [2.75, 3.05) is 0 Å². The number of benzene rings is 3. The molecule has 0 saturated heterocycles. The SMILES string of the molecule is CCCCCCCCCCCCCCCCC1(CCCCCCCCCCCCCCCC)c2cc(-c3cccc4nsnc34)ccc2-c2c1ccc1nsnc21. The van der Waals surface area contributed by atoms with E-state index in [-0.39, 0.29) is 5.41 Å². The molecule has 0 N–H and O–H groups in total. The molecule has 0 bridgehead atoms. The maximum Gasteiger partial charge on any atom is 0.112 e. The van der Waals surface area contributed by atoms with E-state index in [2.05, 4.69) is 66.8 Å². The highest BCUT2D eigenvalue weighted by molar-refractivity contribution is 7.00. The normalized spacial score (nSPS) is 13.2. The monoisotopic (exact) mass is 807 g/mol. The van der Waals surface area contributed by atoms with E-state index in [0.717, 1.165) is 22.1 Å². The van der Waals surface area contributed by atoms with E-state index in [1.165, 1.54) is 249 Å². The van der Waals surface area contributed by atoms with Gasteiger partial charge in [-0.15, -0.1) is 0 Å². The highest BCUT2D eigenvalue weighted by Gasteiger charge is 2.43. The van der Waals surface area contributed by atoms with Gasteiger partial charge in [0.15, 0.2) is 0 Å². The molecule has 6 heteroatoms. The predicted octanol–water partition coefficient (Wildman–Crippen LogP) is 17.4. The minimum Gasteiger partial charge on any atom is -0.173 e. The largest absolute Gasteiger partial charge is 0.173 e. The maximum atomic E-state index is 4.93. The average Bonchev–Trinajstić information content (AvgIpc) is 3.98. The van der Waals surface area contributed by atoms with E-state index in [0.29, 0.717) is 0 Å². The van der Waals surface area contributed by atoms with Crippen LogP contribution in [-0.2, 0) is 5.41 Å². The lowest BCUT2D eigenvalue weighted by Crippen LogP contribution is -2.25. The van der Waals surface area contributed by atoms with E-state index < -0.39 is 0 Å². The highest BCUT2D eigenvalue weighted by atomic mass is 32.1. The Hall–Kier alpha value is -2.70. The molecule has 57 heavy (non-hydrogen) atoms. The molecule has 4 nitrogen and oxygen atoms in total. The number of hydrogen-bond acceptors (Lipinski definition) is 6. The molecule has 0 fully saturated rings. The van der Waals surface area contributed by atoms with Crippen LogP contribution in [0.3, 0.4) is 0 Å². The van der Waals surface area contributed by atoms with E-state index in [9.17, 15) is 0 Å². The Labute approximate surface area is 355 Å². The second-order valence-corrected chi connectivity index (χ2v) is 18.6. The Bertz CT molecular complexity index is 1840. The molecule has 310 valence electrons. The van der Waals surface area contributed by atoms with Crippen LogP contribution in [0.15, 0.2) is 48.5 Å². The number of hydrogen-bond donors (Lipinski definition) is 0. The van der Waals surface area contributed by atoms with E-state index in [4.69, 9.17) is 13.1 Å². The zero-order valence-corrected chi connectivity index (χ0v) is 37.6. The fourth-order valence-corrected chi connectivity index (χ4v) is 11.0. The van der Waals surface area contributed by atoms with Gasteiger partial charge in [0, 0.05) is 16.5 Å². The number of fused-ring (bicyclic) bond motifs is 6. The van der Waals surface area contributed by atoms with Crippen LogP contribution in [0, 0.1) is 0 Å². The zero-order valence-electron chi connectivity index (χ0n) is 35.9. The summed E-state index contributed by atoms with van der Waals surface area (Å²) in [4.78, 5) is 0. The number of unbranched alkanes of at least 4 members (excludes halogenated alkanes) is 26. The Morgan fingerprint density at radius 1 is 0.404 bits per heavy atom. The van der Waals surface area contributed by atoms with Crippen molar-refractivity contribution in [3.05, 3.63) is 59.7 Å². The van der Waals surface area contributed by atoms with E-state index in [1.54, 1.807) is 0 Å². The van der Waals surface area contributed by atoms with Crippen LogP contribution in [0.25, 0.3) is 44.3 Å². The van der Waals surface area contributed by atoms with Crippen LogP contribution in [0.2, 0.25) is 0 Å². The summed E-state index contributed by atoms with van der Waals surface area (Å²) in [7, 11) is 0. The molecule has 6 rings (SSSR count). The van der Waals surface area contributed by atoms with Gasteiger partial charge in [-0.2, -0.15) is 17.5 Å². The Morgan fingerprint density at radius 3 is 1.37 bits per heavy atom. The summed E-state index contributed by atoms with van der Waals surface area (Å²) in [6.45, 7) is 4.62. The van der Waals surface area contributed by atoms with Gasteiger partial charge in [0.25, 0.3) is 0 Å². The molecule has 0 unspecified atom stereocenters. The van der Waals surface area contributed by atoms with Gasteiger partial charge in [0.1, 0.15) is 22.1 Å². The van der Waals surface area contributed by atoms with Crippen molar-refractivity contribution in [2.24, 2.45) is 0 Å². The Balaban J connectivity index is 1.10. The molecule has 0 saturated carbocycles. The van der Waals surface area contributed by atoms with Crippen LogP contribution >= 0.6 is 23.5 Å². The van der Waals surface area contributed by atoms with Gasteiger partial charge in [-0.3, -0.25) is 0 Å². The van der Waals surface area contributed by atoms with Crippen molar-refractivity contribution < 1.29 is 0 Å². The fraction of sp³-hybridized carbons (Fsp3) is 0.647. The lowest BCUT2D eigenvalue weighted by molar-refractivity contribution is 0.397. The van der Waals surface area contributed by atoms with Crippen LogP contribution < -0.4 is 0 Å². The number of rotatable bonds is 31. The minimum absolute atomic E-state index is 0.000954. The Morgan fingerprint density at radius 2 is 0.860 bits per heavy atom. The van der Waals surface area contributed by atoms with Gasteiger partial charge in [-0.1, -0.05) is 224 Å². The number of nitrogens with zero attached hydrogens (tertiary/aromatic N) is 4. The van der Waals surface area contributed by atoms with Gasteiger partial charge in [0.2, 0.25) is 0 Å². The van der Waals surface area contributed by atoms with Gasteiger partial charge in [-0.25, -0.2) is 0 Å². The molecule has 5 aromatic rings. The maximum absolute atomic E-state index is 4.93. The summed E-state index contributed by atoms with van der Waals surface area (Å²) in [6.07, 6.45) is 41.5. The van der Waals surface area contributed by atoms with Crippen molar-refractivity contribution in [3.63, 3.8) is 0 Å². The average molecular weight is 807 g/mol. The first-order valence-electron chi connectivity index (χ1n) is 23.9. The second-order valence-electron chi connectivity index (χ2n) is 17.6. The van der Waals surface area contributed by atoms with E-state index >= 15 is 0 Å². The molecule has 0 atom stereocenters. The van der Waals surface area contributed by atoms with Crippen molar-refractivity contribution in [1.29, 1.82) is 0 Å². The molecule has 1 aliphatic rings. The topological polar surface area (TPSA) is 51.6 Å². The summed E-state index contributed by atoms with van der Waals surface area (Å²) in [5.74, 6) is 0. The summed E-state index contributed by atoms with van der Waals surface area (Å²) < 4.78 is 19.0. The first-order valence-corrected chi connectivity index (χ1v) is 25.3. The fourth-order valence-electron chi connectivity index (χ4n) is 9.94. The first-order chi connectivity index (χ1) is 28.3. The van der Waals surface area contributed by atoms with Gasteiger partial charge in [0.05, 0.1) is 23.5 Å². The van der Waals surface area contributed by atoms with Gasteiger partial charge < -0.3 is 0 Å². The molecular weight excluding hydrogens is 733 g/mol. The van der Waals surface area contributed by atoms with E-state index in [1.807, 2.05) is 0 Å². The van der Waals surface area contributed by atoms with Gasteiger partial charge in [-0.05, 0) is 53.3 Å². The van der Waals surface area contributed by atoms with Crippen molar-refractivity contribution >= 4 is 45.5 Å². The van der Waals surface area contributed by atoms with Crippen LogP contribution in [0.4, 0.5) is 0 Å². The summed E-state index contributed by atoms with van der Waals surface area (Å²) in [6, 6.07) is 18.4. The standard InChI is InChI=1S/C51H74N4S2/c1-3-5-7-9-11-13-15-17-19-21-23-25-27-29-38-51(39-30-28-26-24-22-20-18-16-14-12-10-8-6-4-2)44-36-37-47-50(55-57-53-47)48(44)43-35-34-41(40-45(43)51)42-32-31-33-46-49(42)54-56-52-46/h31-37,40H,3-30,38-39H2,1-2H3. The molecule has 1 aliphatic carbocycles. The lowest BCUT2D eigenvalue weighted by atomic mass is 9.70. The summed E-state index contributed by atoms with van der Waals surface area (Å²) in [5, 5.41) is 0. The molecule has 2 heterocycles. The molecule has 0 spiro atoms. The molecule has 0 amide bonds. The molecule has 0 aliphatic heterocycles. The minimum atomic E-state index is 0.000954. The Kier molecular flexibility index (Phi) is 18.8.